The van der Waals surface area contributed by atoms with Crippen LogP contribution in [0.2, 0.25) is 5.28 Å². The van der Waals surface area contributed by atoms with Crippen LogP contribution in [0, 0.1) is 0 Å². The van der Waals surface area contributed by atoms with Gasteiger partial charge in [0.15, 0.2) is 0 Å². The largest absolute Gasteiger partial charge is 0.480 e. The average molecular weight is 259 g/mol. The van der Waals surface area contributed by atoms with Gasteiger partial charge in [-0.25, -0.2) is 4.79 Å². The quantitative estimate of drug-likeness (QED) is 0.830. The number of aliphatic carboxylic acids is 1. The highest BCUT2D eigenvalue weighted by Crippen LogP contribution is 2.35. The molecule has 0 aliphatic heterocycles. The fourth-order valence-electron chi connectivity index (χ4n) is 1.62. The Labute approximate surface area is 102 Å². The number of ether oxygens (including phenoxy) is 1. The third-order valence-corrected chi connectivity index (χ3v) is 2.91. The van der Waals surface area contributed by atoms with E-state index >= 15 is 0 Å². The molecule has 0 bridgehead atoms. The van der Waals surface area contributed by atoms with Crippen molar-refractivity contribution in [2.75, 3.05) is 12.4 Å². The van der Waals surface area contributed by atoms with E-state index in [2.05, 4.69) is 20.3 Å². The summed E-state index contributed by atoms with van der Waals surface area (Å²) in [6.45, 7) is 0. The van der Waals surface area contributed by atoms with Gasteiger partial charge in [-0.2, -0.15) is 15.0 Å². The number of nitrogens with one attached hydrogen (secondary N) is 1. The number of carboxylic acids is 1. The van der Waals surface area contributed by atoms with E-state index in [9.17, 15) is 4.79 Å². The zero-order valence-electron chi connectivity index (χ0n) is 9.10. The van der Waals surface area contributed by atoms with Crippen LogP contribution in [0.15, 0.2) is 0 Å². The number of carbonyl (C=O) groups is 1. The maximum Gasteiger partial charge on any atom is 0.329 e. The van der Waals surface area contributed by atoms with E-state index in [4.69, 9.17) is 21.4 Å². The van der Waals surface area contributed by atoms with Crippen LogP contribution in [0.1, 0.15) is 19.3 Å². The molecule has 1 aliphatic rings. The van der Waals surface area contributed by atoms with Crippen LogP contribution in [-0.2, 0) is 4.79 Å². The number of anilines is 1. The summed E-state index contributed by atoms with van der Waals surface area (Å²) >= 11 is 5.67. The third kappa shape index (κ3) is 2.23. The second kappa shape index (κ2) is 4.33. The molecule has 0 radical (unpaired) electrons. The predicted molar refractivity (Wildman–Crippen MR) is 59.2 cm³/mol. The van der Waals surface area contributed by atoms with Crippen LogP contribution >= 0.6 is 11.6 Å². The molecule has 0 aromatic carbocycles. The van der Waals surface area contributed by atoms with Gasteiger partial charge in [0.1, 0.15) is 5.54 Å². The first kappa shape index (κ1) is 11.8. The summed E-state index contributed by atoms with van der Waals surface area (Å²) < 4.78 is 4.83. The van der Waals surface area contributed by atoms with Gasteiger partial charge in [0, 0.05) is 0 Å². The third-order valence-electron chi connectivity index (χ3n) is 2.74. The predicted octanol–water partition coefficient (Wildman–Crippen LogP) is 0.953. The van der Waals surface area contributed by atoms with Crippen molar-refractivity contribution in [3.63, 3.8) is 0 Å². The minimum Gasteiger partial charge on any atom is -0.480 e. The molecule has 1 aromatic heterocycles. The topological polar surface area (TPSA) is 97.2 Å². The minimum atomic E-state index is -0.990. The number of rotatable bonds is 4. The lowest BCUT2D eigenvalue weighted by Crippen LogP contribution is -2.52. The van der Waals surface area contributed by atoms with E-state index in [1.165, 1.54) is 7.11 Å². The molecule has 1 fully saturated rings. The SMILES string of the molecule is COc1nc(Cl)nc(NC2(C(=O)O)CCC2)n1. The molecule has 1 saturated carbocycles. The van der Waals surface area contributed by atoms with Crippen molar-refractivity contribution < 1.29 is 14.6 Å². The molecule has 0 spiro atoms. The molecule has 92 valence electrons. The summed E-state index contributed by atoms with van der Waals surface area (Å²) in [4.78, 5) is 22.6. The zero-order chi connectivity index (χ0) is 12.5. The number of carboxylic acid groups (broad SMARTS) is 1. The molecule has 0 atom stereocenters. The second-order valence-corrected chi connectivity index (χ2v) is 4.12. The Balaban J connectivity index is 2.23. The first-order valence-corrected chi connectivity index (χ1v) is 5.41. The average Bonchev–Trinajstić information content (AvgIpc) is 2.22. The lowest BCUT2D eigenvalue weighted by atomic mass is 9.77. The van der Waals surface area contributed by atoms with Crippen LogP contribution in [0.25, 0.3) is 0 Å². The number of hydrogen-bond acceptors (Lipinski definition) is 6. The Morgan fingerprint density at radius 3 is 2.65 bits per heavy atom. The molecule has 0 amide bonds. The molecule has 17 heavy (non-hydrogen) atoms. The van der Waals surface area contributed by atoms with Gasteiger partial charge in [-0.05, 0) is 30.9 Å². The summed E-state index contributed by atoms with van der Waals surface area (Å²) in [5.74, 6) is -0.803. The number of methoxy groups -OCH3 is 1. The van der Waals surface area contributed by atoms with Gasteiger partial charge < -0.3 is 15.2 Å². The summed E-state index contributed by atoms with van der Waals surface area (Å²) in [6, 6.07) is 0.0485. The molecule has 2 N–H and O–H groups in total. The van der Waals surface area contributed by atoms with Crippen LogP contribution in [0.4, 0.5) is 5.95 Å². The van der Waals surface area contributed by atoms with E-state index in [1.54, 1.807) is 0 Å². The van der Waals surface area contributed by atoms with Crippen molar-refractivity contribution in [2.45, 2.75) is 24.8 Å². The second-order valence-electron chi connectivity index (χ2n) is 3.78. The van der Waals surface area contributed by atoms with Crippen molar-refractivity contribution in [3.05, 3.63) is 5.28 Å². The molecule has 1 aromatic rings. The van der Waals surface area contributed by atoms with E-state index in [0.717, 1.165) is 6.42 Å². The maximum atomic E-state index is 11.1. The Hall–Kier alpha value is -1.63. The van der Waals surface area contributed by atoms with E-state index < -0.39 is 11.5 Å². The fraction of sp³-hybridized carbons (Fsp3) is 0.556. The highest BCUT2D eigenvalue weighted by atomic mass is 35.5. The van der Waals surface area contributed by atoms with Crippen LogP contribution < -0.4 is 10.1 Å². The van der Waals surface area contributed by atoms with Crippen molar-refractivity contribution in [1.29, 1.82) is 0 Å². The van der Waals surface area contributed by atoms with Gasteiger partial charge in [-0.1, -0.05) is 0 Å². The van der Waals surface area contributed by atoms with Crippen LogP contribution in [-0.4, -0.2) is 38.7 Å². The monoisotopic (exact) mass is 258 g/mol. The normalized spacial score (nSPS) is 17.1. The molecule has 8 heteroatoms. The number of halogens is 1. The Morgan fingerprint density at radius 2 is 2.18 bits per heavy atom. The first-order valence-electron chi connectivity index (χ1n) is 5.03. The summed E-state index contributed by atoms with van der Waals surface area (Å²) in [7, 11) is 1.39. The summed E-state index contributed by atoms with van der Waals surface area (Å²) in [6.07, 6.45) is 1.93. The molecule has 1 heterocycles. The van der Waals surface area contributed by atoms with Gasteiger partial charge in [0.25, 0.3) is 0 Å². The molecule has 7 nitrogen and oxygen atoms in total. The Morgan fingerprint density at radius 1 is 1.47 bits per heavy atom. The van der Waals surface area contributed by atoms with Crippen LogP contribution in [0.5, 0.6) is 6.01 Å². The van der Waals surface area contributed by atoms with E-state index in [1.807, 2.05) is 0 Å². The highest BCUT2D eigenvalue weighted by Gasteiger charge is 2.45. The fourth-order valence-corrected chi connectivity index (χ4v) is 1.77. The van der Waals surface area contributed by atoms with Crippen molar-refractivity contribution >= 4 is 23.5 Å². The maximum absolute atomic E-state index is 11.1. The lowest BCUT2D eigenvalue weighted by Gasteiger charge is -2.38. The van der Waals surface area contributed by atoms with Gasteiger partial charge in [0.2, 0.25) is 11.2 Å². The lowest BCUT2D eigenvalue weighted by molar-refractivity contribution is -0.145. The highest BCUT2D eigenvalue weighted by molar-refractivity contribution is 6.28. The molecule has 0 unspecified atom stereocenters. The van der Waals surface area contributed by atoms with Crippen LogP contribution in [0.3, 0.4) is 0 Å². The molecule has 0 saturated heterocycles. The smallest absolute Gasteiger partial charge is 0.329 e. The Bertz CT molecular complexity index is 450. The van der Waals surface area contributed by atoms with Gasteiger partial charge in [0.05, 0.1) is 7.11 Å². The minimum absolute atomic E-state index is 0.0424. The molecular formula is C9H11ClN4O3. The van der Waals surface area contributed by atoms with E-state index in [-0.39, 0.29) is 17.2 Å². The van der Waals surface area contributed by atoms with E-state index in [0.29, 0.717) is 12.8 Å². The molecular weight excluding hydrogens is 248 g/mol. The standard InChI is InChI=1S/C9H11ClN4O3/c1-17-8-12-6(10)11-7(13-8)14-9(5(15)16)3-2-4-9/h2-4H2,1H3,(H,15,16)(H,11,12,13,14). The zero-order valence-corrected chi connectivity index (χ0v) is 9.86. The van der Waals surface area contributed by atoms with Crippen molar-refractivity contribution in [2.24, 2.45) is 0 Å². The summed E-state index contributed by atoms with van der Waals surface area (Å²) in [5, 5.41) is 11.9. The molecule has 1 aliphatic carbocycles. The number of nitrogens with zero attached hydrogens (tertiary/aromatic N) is 3. The molecule has 2 rings (SSSR count). The first-order chi connectivity index (χ1) is 8.05. The van der Waals surface area contributed by atoms with Gasteiger partial charge in [-0.15, -0.1) is 0 Å². The summed E-state index contributed by atoms with van der Waals surface area (Å²) in [5.41, 5.74) is -0.990. The number of aromatic nitrogens is 3. The van der Waals surface area contributed by atoms with Crippen molar-refractivity contribution in [1.82, 2.24) is 15.0 Å². The van der Waals surface area contributed by atoms with Gasteiger partial charge >= 0.3 is 12.0 Å². The van der Waals surface area contributed by atoms with Gasteiger partial charge in [-0.3, -0.25) is 0 Å². The van der Waals surface area contributed by atoms with Crippen molar-refractivity contribution in [3.8, 4) is 6.01 Å². The Kier molecular flexibility index (Phi) is 3.01. The number of hydrogen-bond donors (Lipinski definition) is 2.